The van der Waals surface area contributed by atoms with Gasteiger partial charge in [0.15, 0.2) is 0 Å². The number of hydrogen-bond donors (Lipinski definition) is 3. The van der Waals surface area contributed by atoms with Crippen LogP contribution in [0.5, 0.6) is 0 Å². The summed E-state index contributed by atoms with van der Waals surface area (Å²) >= 11 is 0. The van der Waals surface area contributed by atoms with Crippen molar-refractivity contribution in [3.8, 4) is 0 Å². The molecule has 0 bridgehead atoms. The molecule has 0 aliphatic carbocycles. The van der Waals surface area contributed by atoms with Crippen molar-refractivity contribution in [3.05, 3.63) is 23.3 Å². The number of anilines is 1. The first-order valence-electron chi connectivity index (χ1n) is 5.61. The third-order valence-corrected chi connectivity index (χ3v) is 4.71. The molecule has 4 N–H and O–H groups in total. The number of nitrogens with one attached hydrogen (secondary N) is 1. The second-order valence-corrected chi connectivity index (χ2v) is 6.69. The number of benzene rings is 1. The van der Waals surface area contributed by atoms with E-state index in [1.807, 2.05) is 0 Å². The van der Waals surface area contributed by atoms with E-state index < -0.39 is 15.6 Å². The summed E-state index contributed by atoms with van der Waals surface area (Å²) in [6.07, 6.45) is 0. The first-order valence-corrected chi connectivity index (χ1v) is 7.09. The van der Waals surface area contributed by atoms with Gasteiger partial charge in [0.05, 0.1) is 17.0 Å². The third-order valence-electron chi connectivity index (χ3n) is 2.72. The van der Waals surface area contributed by atoms with Gasteiger partial charge in [-0.2, -0.15) is 0 Å². The molecule has 6 heteroatoms. The van der Waals surface area contributed by atoms with Gasteiger partial charge in [0.1, 0.15) is 0 Å². The van der Waals surface area contributed by atoms with E-state index in [1.54, 1.807) is 39.8 Å². The zero-order chi connectivity index (χ0) is 14.1. The quantitative estimate of drug-likeness (QED) is 0.711. The number of nitrogens with two attached hydrogens (primary N) is 1. The third kappa shape index (κ3) is 3.01. The van der Waals surface area contributed by atoms with Crippen molar-refractivity contribution < 1.29 is 13.5 Å². The first kappa shape index (κ1) is 14.9. The smallest absolute Gasteiger partial charge is 0.241 e. The highest BCUT2D eigenvalue weighted by Gasteiger charge is 2.28. The molecule has 1 aromatic rings. The lowest BCUT2D eigenvalue weighted by molar-refractivity contribution is 0.208. The Morgan fingerprint density at radius 1 is 1.33 bits per heavy atom. The molecule has 0 radical (unpaired) electrons. The van der Waals surface area contributed by atoms with Gasteiger partial charge in [0.2, 0.25) is 10.0 Å². The highest BCUT2D eigenvalue weighted by atomic mass is 32.2. The Bertz CT molecular complexity index is 551. The van der Waals surface area contributed by atoms with E-state index in [4.69, 9.17) is 10.8 Å². The molecular formula is C12H20N2O3S. The summed E-state index contributed by atoms with van der Waals surface area (Å²) < 4.78 is 27.1. The molecular weight excluding hydrogens is 252 g/mol. The summed E-state index contributed by atoms with van der Waals surface area (Å²) in [5.74, 6) is 0. The number of rotatable bonds is 4. The average molecular weight is 272 g/mol. The van der Waals surface area contributed by atoms with E-state index in [-0.39, 0.29) is 11.5 Å². The van der Waals surface area contributed by atoms with Crippen LogP contribution in [0.15, 0.2) is 17.0 Å². The molecule has 1 aromatic carbocycles. The number of sulfonamides is 1. The molecule has 0 atom stereocenters. The summed E-state index contributed by atoms with van der Waals surface area (Å²) in [4.78, 5) is 0.184. The van der Waals surface area contributed by atoms with Crippen molar-refractivity contribution >= 4 is 15.7 Å². The van der Waals surface area contributed by atoms with E-state index in [1.165, 1.54) is 0 Å². The number of hydrogen-bond acceptors (Lipinski definition) is 4. The van der Waals surface area contributed by atoms with Crippen LogP contribution >= 0.6 is 0 Å². The fourth-order valence-electron chi connectivity index (χ4n) is 1.70. The van der Waals surface area contributed by atoms with Crippen LogP contribution in [0.1, 0.15) is 25.0 Å². The molecule has 1 rings (SSSR count). The topological polar surface area (TPSA) is 92.4 Å². The molecule has 0 aliphatic heterocycles. The Balaban J connectivity index is 3.34. The minimum Gasteiger partial charge on any atom is -0.398 e. The van der Waals surface area contributed by atoms with Crippen LogP contribution < -0.4 is 10.5 Å². The lowest BCUT2D eigenvalue weighted by Gasteiger charge is -2.24. The van der Waals surface area contributed by atoms with Gasteiger partial charge in [-0.15, -0.1) is 0 Å². The van der Waals surface area contributed by atoms with Gasteiger partial charge in [-0.1, -0.05) is 6.07 Å². The minimum atomic E-state index is -3.70. The highest BCUT2D eigenvalue weighted by molar-refractivity contribution is 7.89. The van der Waals surface area contributed by atoms with Gasteiger partial charge in [-0.3, -0.25) is 0 Å². The molecule has 0 aliphatic rings. The van der Waals surface area contributed by atoms with E-state index in [2.05, 4.69) is 4.72 Å². The van der Waals surface area contributed by atoms with E-state index in [9.17, 15) is 8.42 Å². The Morgan fingerprint density at radius 3 is 2.39 bits per heavy atom. The Morgan fingerprint density at radius 2 is 1.89 bits per heavy atom. The first-order chi connectivity index (χ1) is 8.10. The van der Waals surface area contributed by atoms with Gasteiger partial charge < -0.3 is 10.8 Å². The van der Waals surface area contributed by atoms with Crippen LogP contribution in [0.4, 0.5) is 5.69 Å². The van der Waals surface area contributed by atoms with Gasteiger partial charge in [0.25, 0.3) is 0 Å². The van der Waals surface area contributed by atoms with Crippen LogP contribution in [0.2, 0.25) is 0 Å². The van der Waals surface area contributed by atoms with Crippen molar-refractivity contribution in [2.45, 2.75) is 38.1 Å². The summed E-state index contributed by atoms with van der Waals surface area (Å²) in [6, 6.07) is 3.35. The molecule has 0 fully saturated rings. The van der Waals surface area contributed by atoms with Crippen molar-refractivity contribution in [2.75, 3.05) is 12.3 Å². The van der Waals surface area contributed by atoms with E-state index in [0.29, 0.717) is 16.8 Å². The van der Waals surface area contributed by atoms with Crippen molar-refractivity contribution in [1.29, 1.82) is 0 Å². The second-order valence-electron chi connectivity index (χ2n) is 5.07. The standard InChI is InChI=1S/C12H20N2O3S/c1-8-5-6-10(13)9(2)11(8)18(16,17)14-12(3,4)7-15/h5-6,14-15H,7,13H2,1-4H3. The molecule has 0 unspecified atom stereocenters. The second kappa shape index (κ2) is 4.87. The average Bonchev–Trinajstić information content (AvgIpc) is 2.22. The lowest BCUT2D eigenvalue weighted by atomic mass is 10.1. The number of aliphatic hydroxyl groups excluding tert-OH is 1. The molecule has 102 valence electrons. The normalized spacial score (nSPS) is 12.7. The largest absolute Gasteiger partial charge is 0.398 e. The SMILES string of the molecule is Cc1ccc(N)c(C)c1S(=O)(=O)NC(C)(C)CO. The molecule has 0 heterocycles. The van der Waals surface area contributed by atoms with Crippen molar-refractivity contribution in [1.82, 2.24) is 4.72 Å². The summed E-state index contributed by atoms with van der Waals surface area (Å²) in [6.45, 7) is 6.32. The summed E-state index contributed by atoms with van der Waals surface area (Å²) in [7, 11) is -3.70. The van der Waals surface area contributed by atoms with Crippen LogP contribution in [0.25, 0.3) is 0 Å². The zero-order valence-corrected chi connectivity index (χ0v) is 11.9. The van der Waals surface area contributed by atoms with E-state index >= 15 is 0 Å². The van der Waals surface area contributed by atoms with Gasteiger partial charge in [-0.05, 0) is 44.9 Å². The monoisotopic (exact) mass is 272 g/mol. The zero-order valence-electron chi connectivity index (χ0n) is 11.1. The minimum absolute atomic E-state index is 0.184. The predicted octanol–water partition coefficient (Wildman–Crippen LogP) is 0.935. The van der Waals surface area contributed by atoms with Gasteiger partial charge in [0, 0.05) is 5.69 Å². The van der Waals surface area contributed by atoms with Crippen LogP contribution in [0, 0.1) is 13.8 Å². The Labute approximate surface area is 108 Å². The molecule has 0 aromatic heterocycles. The molecule has 0 saturated carbocycles. The van der Waals surface area contributed by atoms with Crippen molar-refractivity contribution in [2.24, 2.45) is 0 Å². The van der Waals surface area contributed by atoms with Crippen LogP contribution in [-0.2, 0) is 10.0 Å². The summed E-state index contributed by atoms with van der Waals surface area (Å²) in [5.41, 5.74) is 6.41. The maximum absolute atomic E-state index is 12.3. The number of aliphatic hydroxyl groups is 1. The fraction of sp³-hybridized carbons (Fsp3) is 0.500. The van der Waals surface area contributed by atoms with Crippen molar-refractivity contribution in [3.63, 3.8) is 0 Å². The van der Waals surface area contributed by atoms with Crippen LogP contribution in [0.3, 0.4) is 0 Å². The maximum atomic E-state index is 12.3. The number of nitrogen functional groups attached to an aromatic ring is 1. The molecule has 5 nitrogen and oxygen atoms in total. The van der Waals surface area contributed by atoms with Gasteiger partial charge >= 0.3 is 0 Å². The molecule has 0 saturated heterocycles. The van der Waals surface area contributed by atoms with Crippen LogP contribution in [-0.4, -0.2) is 25.7 Å². The maximum Gasteiger partial charge on any atom is 0.241 e. The fourth-order valence-corrected chi connectivity index (χ4v) is 3.61. The highest BCUT2D eigenvalue weighted by Crippen LogP contribution is 2.25. The molecule has 18 heavy (non-hydrogen) atoms. The Kier molecular flexibility index (Phi) is 4.05. The lowest BCUT2D eigenvalue weighted by Crippen LogP contribution is -2.46. The molecule has 0 amide bonds. The van der Waals surface area contributed by atoms with Gasteiger partial charge in [-0.25, -0.2) is 13.1 Å². The number of aryl methyl sites for hydroxylation is 1. The molecule has 0 spiro atoms. The van der Waals surface area contributed by atoms with E-state index in [0.717, 1.165) is 0 Å². The Hall–Kier alpha value is -1.11. The summed E-state index contributed by atoms with van der Waals surface area (Å²) in [5, 5.41) is 9.15. The predicted molar refractivity (Wildman–Crippen MR) is 71.8 cm³/mol.